The van der Waals surface area contributed by atoms with Crippen molar-refractivity contribution in [1.29, 1.82) is 0 Å². The van der Waals surface area contributed by atoms with Crippen molar-refractivity contribution in [2.24, 2.45) is 11.8 Å². The summed E-state index contributed by atoms with van der Waals surface area (Å²) < 4.78 is 0. The molecule has 0 aromatic rings. The maximum absolute atomic E-state index is 13.4. The van der Waals surface area contributed by atoms with E-state index < -0.39 is 53.3 Å². The molecule has 55 heavy (non-hydrogen) atoms. The van der Waals surface area contributed by atoms with Crippen LogP contribution in [0.1, 0.15) is 38.5 Å². The Hall–Kier alpha value is -4.79. The number of imide groups is 1. The average molecular weight is 780 g/mol. The number of nitrogens with one attached hydrogen (secondary N) is 1. The van der Waals surface area contributed by atoms with Gasteiger partial charge in [-0.25, -0.2) is 0 Å². The van der Waals surface area contributed by atoms with Gasteiger partial charge < -0.3 is 30.6 Å². The van der Waals surface area contributed by atoms with Crippen molar-refractivity contribution in [3.8, 4) is 0 Å². The van der Waals surface area contributed by atoms with E-state index in [2.05, 4.69) is 5.32 Å². The predicted octanol–water partition coefficient (Wildman–Crippen LogP) is -2.43. The first-order chi connectivity index (χ1) is 26.1. The standard InChI is InChI=1S/C35H53N7O13/c43-27(19-26(35(54)55)3-1-2-8-42-28(44)4-5-29(42)45)20-36-34(53)25-6-9-41(10-7-25)30(46)21-37-11-13-38(22-31(47)48)15-17-40(24-33(51)52)18-16-39(14-12-37)23-32(49)50/h4-5,25-26H,1-3,6-24H2,(H,36,53)(H,47,48)(H,49,50)(H,51,52)(H,54,55)/t26-/m1/s1. The smallest absolute Gasteiger partial charge is 0.317 e. The number of amides is 4. The Morgan fingerprint density at radius 1 is 0.636 bits per heavy atom. The molecule has 2 saturated heterocycles. The fraction of sp³-hybridized carbons (Fsp3) is 0.686. The maximum atomic E-state index is 13.4. The summed E-state index contributed by atoms with van der Waals surface area (Å²) in [7, 11) is 0. The highest BCUT2D eigenvalue weighted by Crippen LogP contribution is 2.19. The fourth-order valence-electron chi connectivity index (χ4n) is 6.77. The van der Waals surface area contributed by atoms with Gasteiger partial charge in [0.2, 0.25) is 11.8 Å². The number of rotatable bonds is 19. The molecule has 5 N–H and O–H groups in total. The predicted molar refractivity (Wildman–Crippen MR) is 191 cm³/mol. The van der Waals surface area contributed by atoms with Crippen LogP contribution in [-0.2, 0) is 43.2 Å². The highest BCUT2D eigenvalue weighted by Gasteiger charge is 2.30. The lowest BCUT2D eigenvalue weighted by Gasteiger charge is -2.35. The Balaban J connectivity index is 1.47. The van der Waals surface area contributed by atoms with Gasteiger partial charge in [-0.1, -0.05) is 6.42 Å². The average Bonchev–Trinajstić information content (AvgIpc) is 3.44. The van der Waals surface area contributed by atoms with Crippen LogP contribution in [0.5, 0.6) is 0 Å². The van der Waals surface area contributed by atoms with Crippen LogP contribution in [-0.4, -0.2) is 208 Å². The molecule has 0 bridgehead atoms. The summed E-state index contributed by atoms with van der Waals surface area (Å²) in [6.45, 7) is 1.69. The van der Waals surface area contributed by atoms with Crippen LogP contribution < -0.4 is 5.32 Å². The van der Waals surface area contributed by atoms with E-state index in [1.54, 1.807) is 19.6 Å². The van der Waals surface area contributed by atoms with Crippen LogP contribution >= 0.6 is 0 Å². The molecule has 20 nitrogen and oxygen atoms in total. The minimum absolute atomic E-state index is 0.0191. The first kappa shape index (κ1) is 44.6. The topological polar surface area (TPSA) is 266 Å². The normalized spacial score (nSPS) is 19.4. The second-order valence-electron chi connectivity index (χ2n) is 14.1. The number of hydrogen-bond acceptors (Lipinski definition) is 13. The molecule has 3 aliphatic heterocycles. The molecule has 0 aromatic heterocycles. The van der Waals surface area contributed by atoms with Gasteiger partial charge in [-0.2, -0.15) is 0 Å². The molecule has 0 aromatic carbocycles. The number of carbonyl (C=O) groups excluding carboxylic acids is 5. The number of Topliss-reactive ketones (excluding diaryl/α,β-unsaturated/α-hetero) is 1. The number of piperidine rings is 1. The number of carboxylic acid groups (broad SMARTS) is 4. The first-order valence-electron chi connectivity index (χ1n) is 18.5. The van der Waals surface area contributed by atoms with Crippen molar-refractivity contribution < 1.29 is 63.6 Å². The monoisotopic (exact) mass is 779 g/mol. The van der Waals surface area contributed by atoms with Crippen molar-refractivity contribution in [2.45, 2.75) is 38.5 Å². The summed E-state index contributed by atoms with van der Waals surface area (Å²) >= 11 is 0. The second kappa shape index (κ2) is 22.6. The SMILES string of the molecule is O=C(O)CN1CCN(CC(=O)O)CCN(CC(=O)N2CCC(C(=O)NCC(=O)C[C@@H](CCCCN3C(=O)C=CC3=O)C(=O)O)CC2)CCN(CC(=O)O)CC1. The molecule has 0 unspecified atom stereocenters. The summed E-state index contributed by atoms with van der Waals surface area (Å²) in [5, 5.41) is 40.4. The van der Waals surface area contributed by atoms with Crippen molar-refractivity contribution in [3.63, 3.8) is 0 Å². The molecule has 2 fully saturated rings. The third kappa shape index (κ3) is 16.2. The van der Waals surface area contributed by atoms with Crippen molar-refractivity contribution >= 4 is 53.3 Å². The third-order valence-electron chi connectivity index (χ3n) is 9.95. The molecule has 0 radical (unpaired) electrons. The largest absolute Gasteiger partial charge is 0.481 e. The Kier molecular flexibility index (Phi) is 18.3. The van der Waals surface area contributed by atoms with Crippen LogP contribution in [0.4, 0.5) is 0 Å². The van der Waals surface area contributed by atoms with Gasteiger partial charge in [0, 0.05) is 96.5 Å². The van der Waals surface area contributed by atoms with Crippen molar-refractivity contribution in [3.05, 3.63) is 12.2 Å². The van der Waals surface area contributed by atoms with Gasteiger partial charge in [0.05, 0.1) is 38.6 Å². The van der Waals surface area contributed by atoms with E-state index in [9.17, 15) is 63.6 Å². The van der Waals surface area contributed by atoms with E-state index >= 15 is 0 Å². The summed E-state index contributed by atoms with van der Waals surface area (Å²) in [4.78, 5) is 118. The molecule has 306 valence electrons. The zero-order valence-corrected chi connectivity index (χ0v) is 31.0. The molecule has 1 atom stereocenters. The Morgan fingerprint density at radius 2 is 1.07 bits per heavy atom. The number of carbonyl (C=O) groups is 9. The quantitative estimate of drug-likeness (QED) is 0.0674. The lowest BCUT2D eigenvalue weighted by molar-refractivity contribution is -0.144. The number of ketones is 1. The van der Waals surface area contributed by atoms with Gasteiger partial charge in [0.25, 0.3) is 11.8 Å². The van der Waals surface area contributed by atoms with Gasteiger partial charge in [-0.15, -0.1) is 0 Å². The zero-order chi connectivity index (χ0) is 40.5. The van der Waals surface area contributed by atoms with Crippen LogP contribution in [0, 0.1) is 11.8 Å². The number of likely N-dealkylation sites (tertiary alicyclic amines) is 1. The second-order valence-corrected chi connectivity index (χ2v) is 14.1. The molecule has 3 rings (SSSR count). The lowest BCUT2D eigenvalue weighted by Crippen LogP contribution is -2.51. The number of carboxylic acids is 4. The molecule has 0 saturated carbocycles. The summed E-state index contributed by atoms with van der Waals surface area (Å²) in [6, 6.07) is 0. The molecule has 20 heteroatoms. The molecule has 3 heterocycles. The van der Waals surface area contributed by atoms with Crippen LogP contribution in [0.15, 0.2) is 12.2 Å². The highest BCUT2D eigenvalue weighted by molar-refractivity contribution is 6.12. The highest BCUT2D eigenvalue weighted by atomic mass is 16.4. The first-order valence-corrected chi connectivity index (χ1v) is 18.5. The Bertz CT molecular complexity index is 1400. The number of nitrogens with zero attached hydrogens (tertiary/aromatic N) is 6. The van der Waals surface area contributed by atoms with E-state index in [-0.39, 0.29) is 116 Å². The number of unbranched alkanes of at least 4 members (excludes halogenated alkanes) is 1. The van der Waals surface area contributed by atoms with Gasteiger partial charge in [0.1, 0.15) is 0 Å². The van der Waals surface area contributed by atoms with Crippen LogP contribution in [0.2, 0.25) is 0 Å². The van der Waals surface area contributed by atoms with Crippen LogP contribution in [0.25, 0.3) is 0 Å². The van der Waals surface area contributed by atoms with Gasteiger partial charge in [-0.3, -0.25) is 67.7 Å². The van der Waals surface area contributed by atoms with E-state index in [1.807, 2.05) is 4.90 Å². The molecule has 4 amide bonds. The van der Waals surface area contributed by atoms with E-state index in [4.69, 9.17) is 0 Å². The Labute approximate surface area is 318 Å². The van der Waals surface area contributed by atoms with Gasteiger partial charge >= 0.3 is 23.9 Å². The van der Waals surface area contributed by atoms with E-state index in [1.165, 1.54) is 12.2 Å². The van der Waals surface area contributed by atoms with Gasteiger partial charge in [0.15, 0.2) is 5.78 Å². The number of hydrogen-bond donors (Lipinski definition) is 5. The number of aliphatic carboxylic acids is 4. The van der Waals surface area contributed by atoms with Gasteiger partial charge in [-0.05, 0) is 25.7 Å². The Morgan fingerprint density at radius 3 is 1.49 bits per heavy atom. The molecule has 0 spiro atoms. The molecular weight excluding hydrogens is 726 g/mol. The van der Waals surface area contributed by atoms with Crippen molar-refractivity contribution in [1.82, 2.24) is 34.7 Å². The zero-order valence-electron chi connectivity index (χ0n) is 31.0. The maximum Gasteiger partial charge on any atom is 0.317 e. The lowest BCUT2D eigenvalue weighted by atomic mass is 9.94. The van der Waals surface area contributed by atoms with Crippen molar-refractivity contribution in [2.75, 3.05) is 105 Å². The molecule has 3 aliphatic rings. The van der Waals surface area contributed by atoms with Crippen LogP contribution in [0.3, 0.4) is 0 Å². The van der Waals surface area contributed by atoms with E-state index in [0.717, 1.165) is 4.90 Å². The summed E-state index contributed by atoms with van der Waals surface area (Å²) in [6.07, 6.45) is 3.67. The third-order valence-corrected chi connectivity index (χ3v) is 9.95. The van der Waals surface area contributed by atoms with E-state index in [0.29, 0.717) is 38.8 Å². The minimum Gasteiger partial charge on any atom is -0.481 e. The molecule has 0 aliphatic carbocycles. The minimum atomic E-state index is -1.15. The summed E-state index contributed by atoms with van der Waals surface area (Å²) in [5.74, 6) is -7.62. The molecular formula is C35H53N7O13. The fourth-order valence-corrected chi connectivity index (χ4v) is 6.77. The summed E-state index contributed by atoms with van der Waals surface area (Å²) in [5.41, 5.74) is 0.